The maximum Gasteiger partial charge on any atom is 0.319 e. The lowest BCUT2D eigenvalue weighted by atomic mass is 10.2. The van der Waals surface area contributed by atoms with Crippen molar-refractivity contribution in [2.24, 2.45) is 0 Å². The number of amides is 3. The van der Waals surface area contributed by atoms with Crippen LogP contribution in [0, 0.1) is 0 Å². The molecule has 0 heterocycles. The molecule has 26 heavy (non-hydrogen) atoms. The average Bonchev–Trinajstić information content (AvgIpc) is 2.64. The molecule has 0 aliphatic carbocycles. The van der Waals surface area contributed by atoms with Crippen LogP contribution < -0.4 is 5.32 Å². The van der Waals surface area contributed by atoms with Crippen molar-refractivity contribution < 1.29 is 14.4 Å². The highest BCUT2D eigenvalue weighted by molar-refractivity contribution is 5.85. The van der Waals surface area contributed by atoms with E-state index in [0.717, 1.165) is 12.0 Å². The Balaban J connectivity index is 2.95. The lowest BCUT2D eigenvalue weighted by Gasteiger charge is -2.39. The molecule has 1 aromatic carbocycles. The minimum atomic E-state index is -0.429. The van der Waals surface area contributed by atoms with Gasteiger partial charge in [-0.05, 0) is 25.3 Å². The Kier molecular flexibility index (Phi) is 9.41. The van der Waals surface area contributed by atoms with Crippen LogP contribution in [-0.4, -0.2) is 46.8 Å². The molecule has 1 unspecified atom stereocenters. The van der Waals surface area contributed by atoms with Gasteiger partial charge in [-0.2, -0.15) is 0 Å². The number of carbonyl (C=O) groups is 3. The maximum atomic E-state index is 12.8. The highest BCUT2D eigenvalue weighted by Gasteiger charge is 2.30. The number of carbonyl (C=O) groups excluding carboxylic acids is 3. The zero-order valence-electron chi connectivity index (χ0n) is 16.3. The van der Waals surface area contributed by atoms with Crippen LogP contribution in [-0.2, 0) is 16.1 Å². The number of benzene rings is 1. The minimum Gasteiger partial charge on any atom is -0.334 e. The molecule has 0 bridgehead atoms. The first-order chi connectivity index (χ1) is 12.4. The molecule has 0 radical (unpaired) electrons. The molecule has 6 nitrogen and oxygen atoms in total. The van der Waals surface area contributed by atoms with Gasteiger partial charge in [0.1, 0.15) is 11.9 Å². The fourth-order valence-electron chi connectivity index (χ4n) is 2.91. The second kappa shape index (κ2) is 11.3. The first kappa shape index (κ1) is 21.7. The van der Waals surface area contributed by atoms with Gasteiger partial charge in [0.25, 0.3) is 0 Å². The van der Waals surface area contributed by atoms with Crippen molar-refractivity contribution in [3.05, 3.63) is 35.9 Å². The van der Waals surface area contributed by atoms with Gasteiger partial charge in [-0.25, -0.2) is 4.79 Å². The van der Waals surface area contributed by atoms with Crippen molar-refractivity contribution in [2.45, 2.75) is 59.7 Å². The molecule has 0 saturated carbocycles. The fourth-order valence-corrected chi connectivity index (χ4v) is 2.91. The van der Waals surface area contributed by atoms with Gasteiger partial charge in [-0.3, -0.25) is 9.59 Å². The summed E-state index contributed by atoms with van der Waals surface area (Å²) < 4.78 is 0. The molecular formula is C20H31N3O3. The summed E-state index contributed by atoms with van der Waals surface area (Å²) in [5.41, 5.74) is 1.01. The van der Waals surface area contributed by atoms with Crippen molar-refractivity contribution in [1.82, 2.24) is 15.1 Å². The van der Waals surface area contributed by atoms with E-state index in [-0.39, 0.29) is 24.3 Å². The molecule has 1 aromatic rings. The number of Topliss-reactive ketones (excluding diaryl/α,β-unsaturated/α-hetero) is 1. The van der Waals surface area contributed by atoms with Crippen LogP contribution in [0.2, 0.25) is 0 Å². The Labute approximate surface area is 156 Å². The van der Waals surface area contributed by atoms with E-state index < -0.39 is 6.17 Å². The van der Waals surface area contributed by atoms with Gasteiger partial charge in [0.05, 0.1) is 6.54 Å². The standard InChI is InChI=1S/C20H31N3O3/c1-5-13-22(20(26)21-14-17-11-9-8-10-12-17)18(6-2)23(15-16(4)24)19(25)7-3/h8-12,18H,5-7,13-15H2,1-4H3,(H,21,26). The average molecular weight is 361 g/mol. The SMILES string of the molecule is CCCN(C(=O)NCc1ccccc1)C(CC)N(CC(C)=O)C(=O)CC. The molecule has 0 aliphatic heterocycles. The van der Waals surface area contributed by atoms with Crippen LogP contribution in [0.25, 0.3) is 0 Å². The predicted octanol–water partition coefficient (Wildman–Crippen LogP) is 3.17. The number of hydrogen-bond donors (Lipinski definition) is 1. The van der Waals surface area contributed by atoms with Gasteiger partial charge >= 0.3 is 6.03 Å². The fraction of sp³-hybridized carbons (Fsp3) is 0.550. The molecule has 3 amide bonds. The van der Waals surface area contributed by atoms with Gasteiger partial charge in [0.2, 0.25) is 5.91 Å². The van der Waals surface area contributed by atoms with Crippen LogP contribution in [0.1, 0.15) is 52.5 Å². The van der Waals surface area contributed by atoms with Crippen LogP contribution >= 0.6 is 0 Å². The Morgan fingerprint density at radius 3 is 2.19 bits per heavy atom. The van der Waals surface area contributed by atoms with E-state index in [9.17, 15) is 14.4 Å². The third kappa shape index (κ3) is 6.50. The summed E-state index contributed by atoms with van der Waals surface area (Å²) in [4.78, 5) is 40.0. The van der Waals surface area contributed by atoms with E-state index >= 15 is 0 Å². The first-order valence-electron chi connectivity index (χ1n) is 9.31. The summed E-state index contributed by atoms with van der Waals surface area (Å²) in [6, 6.07) is 9.45. The van der Waals surface area contributed by atoms with Crippen molar-refractivity contribution in [2.75, 3.05) is 13.1 Å². The minimum absolute atomic E-state index is 0.0252. The molecule has 1 rings (SSSR count). The van der Waals surface area contributed by atoms with Crippen molar-refractivity contribution in [3.8, 4) is 0 Å². The summed E-state index contributed by atoms with van der Waals surface area (Å²) in [7, 11) is 0. The number of ketones is 1. The normalized spacial score (nSPS) is 11.5. The summed E-state index contributed by atoms with van der Waals surface area (Å²) in [6.07, 6.45) is 1.21. The van der Waals surface area contributed by atoms with Crippen LogP contribution in [0.3, 0.4) is 0 Å². The number of nitrogens with one attached hydrogen (secondary N) is 1. The lowest BCUT2D eigenvalue weighted by molar-refractivity contribution is -0.140. The van der Waals surface area contributed by atoms with Crippen molar-refractivity contribution in [1.29, 1.82) is 0 Å². The Morgan fingerprint density at radius 1 is 1.04 bits per heavy atom. The Morgan fingerprint density at radius 2 is 1.69 bits per heavy atom. The molecule has 0 aromatic heterocycles. The van der Waals surface area contributed by atoms with E-state index in [2.05, 4.69) is 5.32 Å². The second-order valence-electron chi connectivity index (χ2n) is 6.30. The van der Waals surface area contributed by atoms with Crippen molar-refractivity contribution in [3.63, 3.8) is 0 Å². The number of urea groups is 1. The zero-order chi connectivity index (χ0) is 19.5. The lowest BCUT2D eigenvalue weighted by Crippen LogP contribution is -2.56. The van der Waals surface area contributed by atoms with E-state index in [0.29, 0.717) is 25.9 Å². The Hall–Kier alpha value is -2.37. The number of nitrogens with zero attached hydrogens (tertiary/aromatic N) is 2. The summed E-state index contributed by atoms with van der Waals surface area (Å²) in [5, 5.41) is 2.93. The predicted molar refractivity (Wildman–Crippen MR) is 102 cm³/mol. The van der Waals surface area contributed by atoms with Crippen LogP contribution in [0.15, 0.2) is 30.3 Å². The second-order valence-corrected chi connectivity index (χ2v) is 6.30. The summed E-state index contributed by atoms with van der Waals surface area (Å²) in [6.45, 7) is 8.10. The van der Waals surface area contributed by atoms with E-state index in [4.69, 9.17) is 0 Å². The number of rotatable bonds is 10. The molecule has 0 fully saturated rings. The third-order valence-corrected chi connectivity index (χ3v) is 4.11. The van der Waals surface area contributed by atoms with Gasteiger partial charge in [-0.1, -0.05) is 51.1 Å². The van der Waals surface area contributed by atoms with E-state index in [1.165, 1.54) is 11.8 Å². The van der Waals surface area contributed by atoms with Gasteiger partial charge in [-0.15, -0.1) is 0 Å². The number of hydrogen-bond acceptors (Lipinski definition) is 3. The van der Waals surface area contributed by atoms with Gasteiger partial charge in [0, 0.05) is 19.5 Å². The quantitative estimate of drug-likeness (QED) is 0.651. The molecule has 1 atom stereocenters. The van der Waals surface area contributed by atoms with E-state index in [1.54, 1.807) is 11.8 Å². The zero-order valence-corrected chi connectivity index (χ0v) is 16.3. The monoisotopic (exact) mass is 361 g/mol. The third-order valence-electron chi connectivity index (χ3n) is 4.11. The van der Waals surface area contributed by atoms with Crippen LogP contribution in [0.5, 0.6) is 0 Å². The molecule has 1 N–H and O–H groups in total. The van der Waals surface area contributed by atoms with Crippen molar-refractivity contribution >= 4 is 17.7 Å². The summed E-state index contributed by atoms with van der Waals surface area (Å²) in [5.74, 6) is -0.213. The molecular weight excluding hydrogens is 330 g/mol. The smallest absolute Gasteiger partial charge is 0.319 e. The summed E-state index contributed by atoms with van der Waals surface area (Å²) >= 11 is 0. The molecule has 0 spiro atoms. The van der Waals surface area contributed by atoms with E-state index in [1.807, 2.05) is 44.2 Å². The highest BCUT2D eigenvalue weighted by atomic mass is 16.2. The van der Waals surface area contributed by atoms with Gasteiger partial charge in [0.15, 0.2) is 0 Å². The molecule has 0 saturated heterocycles. The van der Waals surface area contributed by atoms with Crippen LogP contribution in [0.4, 0.5) is 4.79 Å². The van der Waals surface area contributed by atoms with Gasteiger partial charge < -0.3 is 15.1 Å². The topological polar surface area (TPSA) is 69.7 Å². The highest BCUT2D eigenvalue weighted by Crippen LogP contribution is 2.14. The largest absolute Gasteiger partial charge is 0.334 e. The molecule has 144 valence electrons. The Bertz CT molecular complexity index is 589. The first-order valence-corrected chi connectivity index (χ1v) is 9.31. The maximum absolute atomic E-state index is 12.8. The molecule has 0 aliphatic rings. The molecule has 6 heteroatoms.